The molecule has 0 saturated carbocycles. The van der Waals surface area contributed by atoms with Crippen molar-refractivity contribution in [2.45, 2.75) is 20.0 Å². The molecule has 1 atom stereocenters. The molecule has 24 heavy (non-hydrogen) atoms. The highest BCUT2D eigenvalue weighted by Crippen LogP contribution is 2.18. The van der Waals surface area contributed by atoms with Crippen LogP contribution in [0.2, 0.25) is 0 Å². The molecule has 7 heteroatoms. The maximum Gasteiger partial charge on any atom is 0.254 e. The number of nitrogens with two attached hydrogens (primary N) is 1. The zero-order chi connectivity index (χ0) is 17.1. The first-order chi connectivity index (χ1) is 11.6. The number of methoxy groups -OCH3 is 1. The van der Waals surface area contributed by atoms with Crippen LogP contribution in [0.3, 0.4) is 0 Å². The smallest absolute Gasteiger partial charge is 0.254 e. The van der Waals surface area contributed by atoms with Crippen molar-refractivity contribution in [1.82, 2.24) is 19.6 Å². The lowest BCUT2D eigenvalue weighted by Crippen LogP contribution is -2.10. The Bertz CT molecular complexity index is 922. The summed E-state index contributed by atoms with van der Waals surface area (Å²) in [7, 11) is 1.62. The Morgan fingerprint density at radius 3 is 2.62 bits per heavy atom. The van der Waals surface area contributed by atoms with Gasteiger partial charge in [0.05, 0.1) is 18.4 Å². The zero-order valence-electron chi connectivity index (χ0n) is 13.6. The molecule has 0 fully saturated rings. The minimum absolute atomic E-state index is 0.316. The van der Waals surface area contributed by atoms with E-state index < -0.39 is 0 Å². The second-order valence-electron chi connectivity index (χ2n) is 5.13. The van der Waals surface area contributed by atoms with Crippen molar-refractivity contribution >= 4 is 11.6 Å². The van der Waals surface area contributed by atoms with Crippen molar-refractivity contribution < 1.29 is 9.47 Å². The highest BCUT2D eigenvalue weighted by atomic mass is 16.5. The second-order valence-corrected chi connectivity index (χ2v) is 5.13. The average molecular weight is 323 g/mol. The van der Waals surface area contributed by atoms with E-state index in [0.717, 1.165) is 5.75 Å². The summed E-state index contributed by atoms with van der Waals surface area (Å²) < 4.78 is 12.3. The molecule has 0 bridgehead atoms. The molecular formula is C17H17N5O2. The molecule has 122 valence electrons. The molecule has 0 aliphatic rings. The molecule has 3 aromatic rings. The molecule has 7 nitrogen and oxygen atoms in total. The number of hydrogen-bond acceptors (Lipinski definition) is 6. The van der Waals surface area contributed by atoms with E-state index in [1.54, 1.807) is 7.11 Å². The minimum atomic E-state index is -0.316. The molecule has 1 aromatic carbocycles. The predicted octanol–water partition coefficient (Wildman–Crippen LogP) is 1.84. The number of anilines is 1. The Kier molecular flexibility index (Phi) is 4.20. The van der Waals surface area contributed by atoms with Crippen molar-refractivity contribution in [1.29, 1.82) is 0 Å². The van der Waals surface area contributed by atoms with Gasteiger partial charge in [0.1, 0.15) is 23.6 Å². The van der Waals surface area contributed by atoms with Crippen LogP contribution in [0.1, 0.15) is 18.2 Å². The van der Waals surface area contributed by atoms with Crippen LogP contribution < -0.4 is 15.2 Å². The number of fused-ring (bicyclic) bond motifs is 1. The summed E-state index contributed by atoms with van der Waals surface area (Å²) in [4.78, 5) is 8.35. The van der Waals surface area contributed by atoms with Crippen molar-refractivity contribution in [2.24, 2.45) is 0 Å². The number of aryl methyl sites for hydroxylation is 1. The first-order valence-corrected chi connectivity index (χ1v) is 7.36. The lowest BCUT2D eigenvalue weighted by molar-refractivity contribution is 0.278. The molecule has 1 unspecified atom stereocenters. The zero-order valence-corrected chi connectivity index (χ0v) is 13.6. The summed E-state index contributed by atoms with van der Waals surface area (Å²) in [6.45, 7) is 3.70. The summed E-state index contributed by atoms with van der Waals surface area (Å²) in [6, 6.07) is 7.33. The van der Waals surface area contributed by atoms with Crippen molar-refractivity contribution in [3.05, 3.63) is 41.9 Å². The molecule has 2 aromatic heterocycles. The third kappa shape index (κ3) is 3.08. The maximum absolute atomic E-state index is 6.10. The van der Waals surface area contributed by atoms with E-state index in [4.69, 9.17) is 15.2 Å². The minimum Gasteiger partial charge on any atom is -0.497 e. The third-order valence-corrected chi connectivity index (χ3v) is 3.42. The standard InChI is InChI=1S/C17H17N5O2/c1-11(24-14-7-5-13(23-3)6-8-14)4-9-15-12(2)21-17-19-10-20-22(17)16(15)18/h5-8,10-11H,18H2,1-3H3. The summed E-state index contributed by atoms with van der Waals surface area (Å²) in [5.41, 5.74) is 7.43. The summed E-state index contributed by atoms with van der Waals surface area (Å²) in [5, 5.41) is 4.04. The number of benzene rings is 1. The molecular weight excluding hydrogens is 306 g/mol. The fourth-order valence-electron chi connectivity index (χ4n) is 2.19. The van der Waals surface area contributed by atoms with Gasteiger partial charge in [0, 0.05) is 0 Å². The average Bonchev–Trinajstić information content (AvgIpc) is 3.04. The van der Waals surface area contributed by atoms with Gasteiger partial charge in [-0.3, -0.25) is 0 Å². The van der Waals surface area contributed by atoms with Crippen LogP contribution >= 0.6 is 0 Å². The number of hydrogen-bond donors (Lipinski definition) is 1. The lowest BCUT2D eigenvalue weighted by Gasteiger charge is -2.09. The highest BCUT2D eigenvalue weighted by molar-refractivity contribution is 5.57. The number of nitrogens with zero attached hydrogens (tertiary/aromatic N) is 4. The molecule has 0 radical (unpaired) electrons. The van der Waals surface area contributed by atoms with Gasteiger partial charge in [0.2, 0.25) is 0 Å². The summed E-state index contributed by atoms with van der Waals surface area (Å²) in [6.07, 6.45) is 1.09. The summed E-state index contributed by atoms with van der Waals surface area (Å²) >= 11 is 0. The molecule has 2 N–H and O–H groups in total. The van der Waals surface area contributed by atoms with Crippen molar-refractivity contribution in [3.63, 3.8) is 0 Å². The van der Waals surface area contributed by atoms with E-state index in [1.807, 2.05) is 38.1 Å². The lowest BCUT2D eigenvalue weighted by atomic mass is 10.2. The fraction of sp³-hybridized carbons (Fsp3) is 0.235. The molecule has 2 heterocycles. The highest BCUT2D eigenvalue weighted by Gasteiger charge is 2.10. The van der Waals surface area contributed by atoms with Crippen LogP contribution in [0.15, 0.2) is 30.6 Å². The van der Waals surface area contributed by atoms with Gasteiger partial charge in [-0.15, -0.1) is 0 Å². The molecule has 0 amide bonds. The van der Waals surface area contributed by atoms with E-state index in [1.165, 1.54) is 10.8 Å². The van der Waals surface area contributed by atoms with E-state index in [9.17, 15) is 0 Å². The van der Waals surface area contributed by atoms with Gasteiger partial charge in [0.15, 0.2) is 6.10 Å². The molecule has 0 aliphatic heterocycles. The van der Waals surface area contributed by atoms with Gasteiger partial charge in [-0.2, -0.15) is 14.6 Å². The van der Waals surface area contributed by atoms with Crippen LogP contribution in [0.5, 0.6) is 11.5 Å². The van der Waals surface area contributed by atoms with Gasteiger partial charge >= 0.3 is 0 Å². The number of ether oxygens (including phenoxy) is 2. The van der Waals surface area contributed by atoms with Crippen LogP contribution in [-0.2, 0) is 0 Å². The Morgan fingerprint density at radius 2 is 1.92 bits per heavy atom. The van der Waals surface area contributed by atoms with Gasteiger partial charge in [-0.25, -0.2) is 4.98 Å². The molecule has 0 saturated heterocycles. The Labute approximate surface area is 139 Å². The van der Waals surface area contributed by atoms with E-state index in [2.05, 4.69) is 26.9 Å². The van der Waals surface area contributed by atoms with Crippen LogP contribution in [-0.4, -0.2) is 32.8 Å². The first kappa shape index (κ1) is 15.6. The van der Waals surface area contributed by atoms with Crippen molar-refractivity contribution in [3.8, 4) is 23.3 Å². The van der Waals surface area contributed by atoms with Crippen LogP contribution in [0.25, 0.3) is 5.78 Å². The van der Waals surface area contributed by atoms with E-state index >= 15 is 0 Å². The van der Waals surface area contributed by atoms with Gasteiger partial charge in [-0.05, 0) is 38.1 Å². The van der Waals surface area contributed by atoms with Gasteiger partial charge < -0.3 is 15.2 Å². The van der Waals surface area contributed by atoms with Crippen molar-refractivity contribution in [2.75, 3.05) is 12.8 Å². The molecule has 3 rings (SSSR count). The molecule has 0 aliphatic carbocycles. The van der Waals surface area contributed by atoms with Crippen LogP contribution in [0, 0.1) is 18.8 Å². The van der Waals surface area contributed by atoms with Gasteiger partial charge in [0.25, 0.3) is 5.78 Å². The third-order valence-electron chi connectivity index (χ3n) is 3.42. The van der Waals surface area contributed by atoms with E-state index in [0.29, 0.717) is 28.6 Å². The van der Waals surface area contributed by atoms with Gasteiger partial charge in [-0.1, -0.05) is 11.8 Å². The normalized spacial score (nSPS) is 11.6. The number of rotatable bonds is 3. The first-order valence-electron chi connectivity index (χ1n) is 7.36. The molecule has 0 spiro atoms. The number of aromatic nitrogens is 4. The summed E-state index contributed by atoms with van der Waals surface area (Å²) in [5.74, 6) is 8.42. The fourth-order valence-corrected chi connectivity index (χ4v) is 2.19. The van der Waals surface area contributed by atoms with Crippen LogP contribution in [0.4, 0.5) is 5.82 Å². The maximum atomic E-state index is 6.10. The Hall–Kier alpha value is -3.27. The topological polar surface area (TPSA) is 87.6 Å². The second kappa shape index (κ2) is 6.46. The number of nitrogen functional groups attached to an aromatic ring is 1. The SMILES string of the molecule is COc1ccc(OC(C)C#Cc2c(C)nc3ncnn3c2N)cc1. The van der Waals surface area contributed by atoms with E-state index in [-0.39, 0.29) is 6.10 Å². The largest absolute Gasteiger partial charge is 0.497 e. The Balaban J connectivity index is 1.81. The predicted molar refractivity (Wildman–Crippen MR) is 89.9 cm³/mol. The quantitative estimate of drug-likeness (QED) is 0.740. The Morgan fingerprint density at radius 1 is 1.21 bits per heavy atom. The monoisotopic (exact) mass is 323 g/mol.